The van der Waals surface area contributed by atoms with Gasteiger partial charge in [0.1, 0.15) is 24.0 Å². The number of imidazole rings is 2. The summed E-state index contributed by atoms with van der Waals surface area (Å²) >= 11 is 6.61. The molecule has 5 rings (SSSR count). The van der Waals surface area contributed by atoms with Gasteiger partial charge in [0.05, 0.1) is 41.7 Å². The smallest absolute Gasteiger partial charge is 0.182 e. The molecule has 4 aromatic heterocycles. The first-order valence-electron chi connectivity index (χ1n) is 10.0. The van der Waals surface area contributed by atoms with Crippen LogP contribution in [0.4, 0.5) is 11.6 Å². The predicted molar refractivity (Wildman–Crippen MR) is 118 cm³/mol. The average Bonchev–Trinajstić information content (AvgIpc) is 3.45. The predicted octanol–water partition coefficient (Wildman–Crippen LogP) is 2.47. The van der Waals surface area contributed by atoms with Crippen LogP contribution in [0, 0.1) is 11.3 Å². The number of rotatable bonds is 5. The molecule has 2 N–H and O–H groups in total. The zero-order valence-electron chi connectivity index (χ0n) is 17.0. The molecule has 4 aromatic rings. The van der Waals surface area contributed by atoms with Crippen molar-refractivity contribution in [3.63, 3.8) is 0 Å². The van der Waals surface area contributed by atoms with E-state index in [1.54, 1.807) is 18.9 Å². The number of nitrogens with zero attached hydrogens (tertiary/aromatic N) is 8. The summed E-state index contributed by atoms with van der Waals surface area (Å²) in [5.41, 5.74) is 3.28. The van der Waals surface area contributed by atoms with Crippen molar-refractivity contribution >= 4 is 39.9 Å². The van der Waals surface area contributed by atoms with Crippen molar-refractivity contribution in [1.29, 1.82) is 5.26 Å². The maximum atomic E-state index is 9.00. The maximum absolute atomic E-state index is 9.00. The molecular formula is C20H21ClN10. The lowest BCUT2D eigenvalue weighted by molar-refractivity contribution is 0.286. The summed E-state index contributed by atoms with van der Waals surface area (Å²) in [4.78, 5) is 24.7. The summed E-state index contributed by atoms with van der Waals surface area (Å²) in [7, 11) is 0. The van der Waals surface area contributed by atoms with Crippen LogP contribution in [0.25, 0.3) is 16.7 Å². The lowest BCUT2D eigenvalue weighted by Gasteiger charge is -2.37. The van der Waals surface area contributed by atoms with Crippen molar-refractivity contribution < 1.29 is 0 Å². The van der Waals surface area contributed by atoms with E-state index in [1.165, 1.54) is 6.33 Å². The Hall–Kier alpha value is -3.42. The summed E-state index contributed by atoms with van der Waals surface area (Å²) < 4.78 is 2.04. The molecule has 11 heteroatoms. The van der Waals surface area contributed by atoms with E-state index in [1.807, 2.05) is 10.5 Å². The van der Waals surface area contributed by atoms with E-state index in [0.29, 0.717) is 23.0 Å². The van der Waals surface area contributed by atoms with Crippen molar-refractivity contribution in [1.82, 2.24) is 34.2 Å². The molecular weight excluding hydrogens is 416 g/mol. The van der Waals surface area contributed by atoms with Gasteiger partial charge in [0.15, 0.2) is 11.5 Å². The van der Waals surface area contributed by atoms with Crippen LogP contribution >= 0.6 is 11.6 Å². The lowest BCUT2D eigenvalue weighted by Crippen LogP contribution is -2.47. The second kappa shape index (κ2) is 8.02. The van der Waals surface area contributed by atoms with Gasteiger partial charge >= 0.3 is 0 Å². The van der Waals surface area contributed by atoms with Crippen LogP contribution in [0.2, 0.25) is 5.02 Å². The van der Waals surface area contributed by atoms with Gasteiger partial charge in [-0.3, -0.25) is 9.30 Å². The van der Waals surface area contributed by atoms with Crippen molar-refractivity contribution in [2.24, 2.45) is 0 Å². The van der Waals surface area contributed by atoms with Gasteiger partial charge in [0.25, 0.3) is 0 Å². The number of aromatic nitrogens is 6. The zero-order valence-corrected chi connectivity index (χ0v) is 17.7. The molecule has 1 unspecified atom stereocenters. The Kier molecular flexibility index (Phi) is 5.05. The highest BCUT2D eigenvalue weighted by molar-refractivity contribution is 6.34. The highest BCUT2D eigenvalue weighted by Gasteiger charge is 2.25. The van der Waals surface area contributed by atoms with E-state index in [2.05, 4.69) is 53.0 Å². The summed E-state index contributed by atoms with van der Waals surface area (Å²) in [6, 6.07) is 4.14. The minimum absolute atomic E-state index is 0.0992. The van der Waals surface area contributed by atoms with E-state index >= 15 is 0 Å². The van der Waals surface area contributed by atoms with Gasteiger partial charge in [-0.2, -0.15) is 5.26 Å². The minimum Gasteiger partial charge on any atom is -0.362 e. The number of piperazine rings is 1. The van der Waals surface area contributed by atoms with E-state index < -0.39 is 0 Å². The van der Waals surface area contributed by atoms with Crippen LogP contribution in [0.3, 0.4) is 0 Å². The third kappa shape index (κ3) is 3.52. The molecule has 1 aliphatic heterocycles. The number of aromatic amines is 1. The first-order valence-corrected chi connectivity index (χ1v) is 10.4. The van der Waals surface area contributed by atoms with Crippen LogP contribution in [0.1, 0.15) is 18.5 Å². The number of nitrogens with one attached hydrogen (secondary N) is 2. The normalized spacial score (nSPS) is 16.0. The molecule has 1 atom stereocenters. The van der Waals surface area contributed by atoms with Crippen LogP contribution in [-0.2, 0) is 0 Å². The van der Waals surface area contributed by atoms with Gasteiger partial charge in [0, 0.05) is 31.7 Å². The summed E-state index contributed by atoms with van der Waals surface area (Å²) in [5.74, 6) is 1.73. The molecule has 1 fully saturated rings. The fourth-order valence-electron chi connectivity index (χ4n) is 4.08. The third-order valence-electron chi connectivity index (χ3n) is 5.66. The Morgan fingerprint density at radius 2 is 2.10 bits per heavy atom. The number of pyridine rings is 1. The van der Waals surface area contributed by atoms with E-state index in [9.17, 15) is 0 Å². The van der Waals surface area contributed by atoms with Crippen LogP contribution < -0.4 is 10.2 Å². The van der Waals surface area contributed by atoms with E-state index in [0.717, 1.165) is 48.6 Å². The topological polar surface area (TPSA) is 114 Å². The maximum Gasteiger partial charge on any atom is 0.182 e. The molecule has 0 amide bonds. The Bertz CT molecular complexity index is 1260. The second-order valence-corrected chi connectivity index (χ2v) is 7.94. The molecule has 0 aromatic carbocycles. The molecule has 0 radical (unpaired) electrons. The van der Waals surface area contributed by atoms with Gasteiger partial charge < -0.3 is 15.2 Å². The molecule has 0 spiro atoms. The van der Waals surface area contributed by atoms with Gasteiger partial charge in [0.2, 0.25) is 0 Å². The minimum atomic E-state index is -0.0992. The van der Waals surface area contributed by atoms with Crippen LogP contribution in [-0.4, -0.2) is 66.9 Å². The largest absolute Gasteiger partial charge is 0.362 e. The molecule has 5 heterocycles. The lowest BCUT2D eigenvalue weighted by atomic mass is 10.1. The molecule has 0 aliphatic carbocycles. The standard InChI is InChI=1S/C20H21ClN10/c1-13(28-19-17-18(25-10-24-17)26-11-27-19)14-8-15(21)16-9-23-12-31(16)20(14)30-6-4-29(3-2-22)5-7-30/h8-13H,3-7H2,1H3,(H2,24,25,26,27,28). The summed E-state index contributed by atoms with van der Waals surface area (Å²) in [6.45, 7) is 5.81. The second-order valence-electron chi connectivity index (χ2n) is 7.53. The Morgan fingerprint density at radius 1 is 1.26 bits per heavy atom. The molecule has 1 aliphatic rings. The summed E-state index contributed by atoms with van der Waals surface area (Å²) in [6.07, 6.45) is 6.68. The number of hydrogen-bond acceptors (Lipinski definition) is 8. The first-order chi connectivity index (χ1) is 15.2. The Balaban J connectivity index is 1.53. The fourth-order valence-corrected chi connectivity index (χ4v) is 4.34. The van der Waals surface area contributed by atoms with Crippen molar-refractivity contribution in [3.05, 3.63) is 41.8 Å². The Labute approximate surface area is 183 Å². The molecule has 1 saturated heterocycles. The number of anilines is 2. The zero-order chi connectivity index (χ0) is 21.4. The monoisotopic (exact) mass is 436 g/mol. The van der Waals surface area contributed by atoms with E-state index in [4.69, 9.17) is 16.9 Å². The number of fused-ring (bicyclic) bond motifs is 2. The molecule has 0 saturated carbocycles. The van der Waals surface area contributed by atoms with Crippen LogP contribution in [0.15, 0.2) is 31.2 Å². The van der Waals surface area contributed by atoms with Gasteiger partial charge in [-0.15, -0.1) is 0 Å². The third-order valence-corrected chi connectivity index (χ3v) is 5.96. The highest BCUT2D eigenvalue weighted by atomic mass is 35.5. The Morgan fingerprint density at radius 3 is 2.90 bits per heavy atom. The van der Waals surface area contributed by atoms with Gasteiger partial charge in [-0.1, -0.05) is 11.6 Å². The average molecular weight is 437 g/mol. The fraction of sp³-hybridized carbons (Fsp3) is 0.350. The number of halogens is 1. The molecule has 0 bridgehead atoms. The molecule has 10 nitrogen and oxygen atoms in total. The molecule has 158 valence electrons. The molecule has 31 heavy (non-hydrogen) atoms. The van der Waals surface area contributed by atoms with Crippen molar-refractivity contribution in [2.75, 3.05) is 42.9 Å². The van der Waals surface area contributed by atoms with Gasteiger partial charge in [-0.25, -0.2) is 19.9 Å². The van der Waals surface area contributed by atoms with E-state index in [-0.39, 0.29) is 6.04 Å². The first kappa shape index (κ1) is 19.5. The highest BCUT2D eigenvalue weighted by Crippen LogP contribution is 2.35. The summed E-state index contributed by atoms with van der Waals surface area (Å²) in [5, 5.41) is 13.1. The quantitative estimate of drug-likeness (QED) is 0.458. The number of hydrogen-bond donors (Lipinski definition) is 2. The number of nitriles is 1. The van der Waals surface area contributed by atoms with Gasteiger partial charge in [-0.05, 0) is 13.0 Å². The SMILES string of the molecule is CC(Nc1ncnc2nc[nH]c12)c1cc(Cl)c2cncn2c1N1CCN(CC#N)CC1. The van der Waals surface area contributed by atoms with Crippen molar-refractivity contribution in [2.45, 2.75) is 13.0 Å². The number of H-pyrrole nitrogens is 1. The van der Waals surface area contributed by atoms with Crippen LogP contribution in [0.5, 0.6) is 0 Å². The van der Waals surface area contributed by atoms with Crippen molar-refractivity contribution in [3.8, 4) is 6.07 Å².